The third-order valence-corrected chi connectivity index (χ3v) is 5.64. The molecule has 2 aromatic carbocycles. The summed E-state index contributed by atoms with van der Waals surface area (Å²) in [6.45, 7) is 2.27. The van der Waals surface area contributed by atoms with E-state index in [4.69, 9.17) is 0 Å². The van der Waals surface area contributed by atoms with E-state index in [2.05, 4.69) is 15.5 Å². The minimum atomic E-state index is -0.451. The van der Waals surface area contributed by atoms with Gasteiger partial charge in [0.15, 0.2) is 0 Å². The molecule has 0 aliphatic carbocycles. The average Bonchev–Trinajstić information content (AvgIpc) is 3.29. The number of nitrogens with one attached hydrogen (secondary N) is 1. The number of para-hydroxylation sites is 1. The maximum absolute atomic E-state index is 12.6. The Morgan fingerprint density at radius 2 is 2.00 bits per heavy atom. The molecular weight excluding hydrogens is 378 g/mol. The van der Waals surface area contributed by atoms with Gasteiger partial charge in [-0.25, -0.2) is 0 Å². The fourth-order valence-electron chi connectivity index (χ4n) is 3.20. The number of rotatable bonds is 5. The molecule has 1 saturated heterocycles. The molecule has 1 fully saturated rings. The van der Waals surface area contributed by atoms with Crippen LogP contribution in [0, 0.1) is 17.0 Å². The molecule has 1 aliphatic heterocycles. The van der Waals surface area contributed by atoms with E-state index in [9.17, 15) is 14.9 Å². The van der Waals surface area contributed by atoms with Crippen LogP contribution in [0.5, 0.6) is 0 Å². The second kappa shape index (κ2) is 7.35. The number of benzene rings is 2. The lowest BCUT2D eigenvalue weighted by Gasteiger charge is -2.18. The van der Waals surface area contributed by atoms with Crippen molar-refractivity contribution >= 4 is 39.4 Å². The van der Waals surface area contributed by atoms with Crippen molar-refractivity contribution in [1.29, 1.82) is 0 Å². The molecule has 0 radical (unpaired) electrons. The van der Waals surface area contributed by atoms with E-state index in [0.717, 1.165) is 16.3 Å². The predicted octanol–water partition coefficient (Wildman–Crippen LogP) is 4.02. The first kappa shape index (κ1) is 18.1. The van der Waals surface area contributed by atoms with Gasteiger partial charge in [-0.2, -0.15) is 0 Å². The first-order valence-corrected chi connectivity index (χ1v) is 9.54. The highest BCUT2D eigenvalue weighted by atomic mass is 32.1. The number of amides is 1. The van der Waals surface area contributed by atoms with Crippen LogP contribution in [0.25, 0.3) is 0 Å². The number of aryl methyl sites for hydroxylation is 1. The van der Waals surface area contributed by atoms with Crippen LogP contribution in [0.2, 0.25) is 0 Å². The zero-order chi connectivity index (χ0) is 19.7. The van der Waals surface area contributed by atoms with Gasteiger partial charge in [0.2, 0.25) is 11.0 Å². The Bertz CT molecular complexity index is 1040. The van der Waals surface area contributed by atoms with Crippen molar-refractivity contribution in [3.8, 4) is 0 Å². The summed E-state index contributed by atoms with van der Waals surface area (Å²) in [5.74, 6) is -0.156. The van der Waals surface area contributed by atoms with Gasteiger partial charge in [0.25, 0.3) is 5.69 Å². The highest BCUT2D eigenvalue weighted by Crippen LogP contribution is 2.37. The molecule has 1 aliphatic rings. The maximum atomic E-state index is 12.6. The topological polar surface area (TPSA) is 101 Å². The van der Waals surface area contributed by atoms with Gasteiger partial charge in [-0.05, 0) is 24.6 Å². The lowest BCUT2D eigenvalue weighted by Crippen LogP contribution is -2.25. The van der Waals surface area contributed by atoms with E-state index in [1.165, 1.54) is 23.5 Å². The Labute approximate surface area is 165 Å². The van der Waals surface area contributed by atoms with Crippen LogP contribution >= 0.6 is 11.3 Å². The summed E-state index contributed by atoms with van der Waals surface area (Å²) in [4.78, 5) is 24.8. The molecule has 1 unspecified atom stereocenters. The van der Waals surface area contributed by atoms with Gasteiger partial charge in [0, 0.05) is 36.7 Å². The number of nitro benzene ring substituents is 1. The summed E-state index contributed by atoms with van der Waals surface area (Å²) >= 11 is 1.42. The second-order valence-electron chi connectivity index (χ2n) is 6.57. The van der Waals surface area contributed by atoms with E-state index < -0.39 is 4.92 Å². The molecule has 1 N–H and O–H groups in total. The van der Waals surface area contributed by atoms with Gasteiger partial charge in [0.1, 0.15) is 5.01 Å². The zero-order valence-electron chi connectivity index (χ0n) is 15.0. The number of hydrogen-bond donors (Lipinski definition) is 1. The monoisotopic (exact) mass is 395 g/mol. The van der Waals surface area contributed by atoms with Crippen molar-refractivity contribution < 1.29 is 9.72 Å². The summed E-state index contributed by atoms with van der Waals surface area (Å²) in [5, 5.41) is 24.1. The van der Waals surface area contributed by atoms with E-state index >= 15 is 0 Å². The SMILES string of the molecule is Cc1ccc([N+](=O)[O-])cc1N1CC(c2nnc(Nc3ccccc3)s2)CC1=O. The molecule has 0 saturated carbocycles. The van der Waals surface area contributed by atoms with E-state index in [-0.39, 0.29) is 17.5 Å². The number of anilines is 3. The Morgan fingerprint density at radius 3 is 2.75 bits per heavy atom. The van der Waals surface area contributed by atoms with Crippen LogP contribution in [0.15, 0.2) is 48.5 Å². The third kappa shape index (κ3) is 3.56. The van der Waals surface area contributed by atoms with Crippen molar-refractivity contribution in [2.24, 2.45) is 0 Å². The molecule has 1 amide bonds. The summed E-state index contributed by atoms with van der Waals surface area (Å²) in [7, 11) is 0. The number of nitrogens with zero attached hydrogens (tertiary/aromatic N) is 4. The van der Waals surface area contributed by atoms with Crippen LogP contribution in [-0.4, -0.2) is 27.6 Å². The van der Waals surface area contributed by atoms with Crippen LogP contribution < -0.4 is 10.2 Å². The number of hydrogen-bond acceptors (Lipinski definition) is 7. The lowest BCUT2D eigenvalue weighted by atomic mass is 10.1. The molecule has 8 nitrogen and oxygen atoms in total. The Kier molecular flexibility index (Phi) is 4.74. The van der Waals surface area contributed by atoms with E-state index in [1.807, 2.05) is 37.3 Å². The fraction of sp³-hybridized carbons (Fsp3) is 0.211. The molecule has 142 valence electrons. The minimum Gasteiger partial charge on any atom is -0.330 e. The van der Waals surface area contributed by atoms with Crippen molar-refractivity contribution in [2.45, 2.75) is 19.3 Å². The lowest BCUT2D eigenvalue weighted by molar-refractivity contribution is -0.384. The van der Waals surface area contributed by atoms with Gasteiger partial charge in [-0.15, -0.1) is 10.2 Å². The standard InChI is InChI=1S/C19H17N5O3S/c1-12-7-8-15(24(26)27)10-16(12)23-11-13(9-17(23)25)18-21-22-19(28-18)20-14-5-3-2-4-6-14/h2-8,10,13H,9,11H2,1H3,(H,20,22). The molecule has 3 aromatic rings. The highest BCUT2D eigenvalue weighted by molar-refractivity contribution is 7.15. The molecule has 1 aromatic heterocycles. The van der Waals surface area contributed by atoms with Crippen molar-refractivity contribution in [3.63, 3.8) is 0 Å². The number of carbonyl (C=O) groups excluding carboxylic acids is 1. The predicted molar refractivity (Wildman–Crippen MR) is 107 cm³/mol. The summed E-state index contributed by atoms with van der Waals surface area (Å²) in [6, 6.07) is 14.2. The molecule has 0 spiro atoms. The first-order chi connectivity index (χ1) is 13.5. The van der Waals surface area contributed by atoms with Crippen molar-refractivity contribution in [3.05, 3.63) is 69.2 Å². The third-order valence-electron chi connectivity index (χ3n) is 4.63. The number of nitro groups is 1. The van der Waals surface area contributed by atoms with Gasteiger partial charge in [-0.1, -0.05) is 35.6 Å². The summed E-state index contributed by atoms with van der Waals surface area (Å²) < 4.78 is 0. The van der Waals surface area contributed by atoms with Crippen molar-refractivity contribution in [1.82, 2.24) is 10.2 Å². The van der Waals surface area contributed by atoms with Gasteiger partial charge in [-0.3, -0.25) is 14.9 Å². The highest BCUT2D eigenvalue weighted by Gasteiger charge is 2.35. The second-order valence-corrected chi connectivity index (χ2v) is 7.58. The van der Waals surface area contributed by atoms with Crippen LogP contribution in [-0.2, 0) is 4.79 Å². The van der Waals surface area contributed by atoms with E-state index in [1.54, 1.807) is 11.0 Å². The van der Waals surface area contributed by atoms with Crippen LogP contribution in [0.1, 0.15) is 22.9 Å². The van der Waals surface area contributed by atoms with Crippen LogP contribution in [0.4, 0.5) is 22.2 Å². The fourth-order valence-corrected chi connectivity index (χ4v) is 4.06. The molecule has 2 heterocycles. The Morgan fingerprint density at radius 1 is 1.21 bits per heavy atom. The summed E-state index contributed by atoms with van der Waals surface area (Å²) in [6.07, 6.45) is 0.308. The minimum absolute atomic E-state index is 0.0258. The molecule has 0 bridgehead atoms. The summed E-state index contributed by atoms with van der Waals surface area (Å²) in [5.41, 5.74) is 2.29. The molecule has 1 atom stereocenters. The quantitative estimate of drug-likeness (QED) is 0.517. The molecule has 9 heteroatoms. The van der Waals surface area contributed by atoms with Gasteiger partial charge < -0.3 is 10.2 Å². The molecule has 28 heavy (non-hydrogen) atoms. The average molecular weight is 395 g/mol. The van der Waals surface area contributed by atoms with Gasteiger partial charge >= 0.3 is 0 Å². The van der Waals surface area contributed by atoms with Gasteiger partial charge in [0.05, 0.1) is 10.6 Å². The van der Waals surface area contributed by atoms with Crippen LogP contribution in [0.3, 0.4) is 0 Å². The maximum Gasteiger partial charge on any atom is 0.271 e. The first-order valence-electron chi connectivity index (χ1n) is 8.72. The molecular formula is C19H17N5O3S. The Balaban J connectivity index is 1.53. The molecule has 4 rings (SSSR count). The normalized spacial score (nSPS) is 16.4. The van der Waals surface area contributed by atoms with E-state index in [0.29, 0.717) is 23.8 Å². The Hall–Kier alpha value is -3.33. The zero-order valence-corrected chi connectivity index (χ0v) is 15.8. The number of aromatic nitrogens is 2. The number of carbonyl (C=O) groups is 1. The smallest absolute Gasteiger partial charge is 0.271 e. The van der Waals surface area contributed by atoms with Crippen molar-refractivity contribution in [2.75, 3.05) is 16.8 Å². The number of non-ortho nitro benzene ring substituents is 1. The largest absolute Gasteiger partial charge is 0.330 e.